The molecule has 1 fully saturated rings. The number of ether oxygens (including phenoxy) is 1. The van der Waals surface area contributed by atoms with E-state index in [1.54, 1.807) is 20.1 Å². The highest BCUT2D eigenvalue weighted by Crippen LogP contribution is 2.22. The van der Waals surface area contributed by atoms with Crippen molar-refractivity contribution in [2.24, 2.45) is 5.92 Å². The van der Waals surface area contributed by atoms with Gasteiger partial charge in [-0.3, -0.25) is 4.79 Å². The molecule has 10 heteroatoms. The molecule has 1 amide bonds. The van der Waals surface area contributed by atoms with Crippen molar-refractivity contribution in [1.82, 2.24) is 19.8 Å². The molecular weight excluding hydrogens is 384 g/mol. The van der Waals surface area contributed by atoms with E-state index in [0.29, 0.717) is 43.4 Å². The number of benzene rings is 1. The molecule has 0 bridgehead atoms. The van der Waals surface area contributed by atoms with Crippen molar-refractivity contribution in [1.29, 1.82) is 0 Å². The number of hydrogen-bond acceptors (Lipinski definition) is 7. The Morgan fingerprint density at radius 3 is 2.79 bits per heavy atom. The van der Waals surface area contributed by atoms with Gasteiger partial charge in [0.05, 0.1) is 19.4 Å². The molecule has 0 atom stereocenters. The van der Waals surface area contributed by atoms with Gasteiger partial charge in [-0.05, 0) is 31.9 Å². The smallest absolute Gasteiger partial charge is 0.246 e. The lowest BCUT2D eigenvalue weighted by Crippen LogP contribution is -2.43. The van der Waals surface area contributed by atoms with Crippen LogP contribution in [0.3, 0.4) is 0 Å². The van der Waals surface area contributed by atoms with Gasteiger partial charge in [-0.25, -0.2) is 12.7 Å². The molecule has 1 N–H and O–H groups in total. The van der Waals surface area contributed by atoms with Crippen LogP contribution in [0.5, 0.6) is 5.75 Å². The fourth-order valence-corrected chi connectivity index (χ4v) is 4.22. The van der Waals surface area contributed by atoms with Gasteiger partial charge in [-0.1, -0.05) is 17.3 Å². The van der Waals surface area contributed by atoms with Crippen LogP contribution in [0.15, 0.2) is 28.8 Å². The van der Waals surface area contributed by atoms with Gasteiger partial charge in [-0.15, -0.1) is 0 Å². The molecule has 1 aromatic heterocycles. The minimum absolute atomic E-state index is 0.0800. The van der Waals surface area contributed by atoms with Crippen LogP contribution in [0.1, 0.15) is 25.7 Å². The number of amides is 1. The van der Waals surface area contributed by atoms with Crippen LogP contribution in [0, 0.1) is 5.92 Å². The largest absolute Gasteiger partial charge is 0.497 e. The summed E-state index contributed by atoms with van der Waals surface area (Å²) in [6.07, 6.45) is 1.01. The molecule has 152 valence electrons. The van der Waals surface area contributed by atoms with Crippen molar-refractivity contribution in [3.8, 4) is 17.1 Å². The zero-order valence-corrected chi connectivity index (χ0v) is 16.7. The summed E-state index contributed by atoms with van der Waals surface area (Å²) in [6.45, 7) is 2.49. The number of carbonyl (C=O) groups is 1. The van der Waals surface area contributed by atoms with Gasteiger partial charge in [0.1, 0.15) is 5.75 Å². The summed E-state index contributed by atoms with van der Waals surface area (Å²) < 4.78 is 35.6. The van der Waals surface area contributed by atoms with Gasteiger partial charge in [0, 0.05) is 24.6 Å². The van der Waals surface area contributed by atoms with Gasteiger partial charge >= 0.3 is 0 Å². The highest BCUT2D eigenvalue weighted by molar-refractivity contribution is 7.89. The van der Waals surface area contributed by atoms with E-state index in [1.807, 2.05) is 18.2 Å². The minimum Gasteiger partial charge on any atom is -0.497 e. The summed E-state index contributed by atoms with van der Waals surface area (Å²) in [6, 6.07) is 7.29. The summed E-state index contributed by atoms with van der Waals surface area (Å²) in [5.74, 6) is 1.14. The van der Waals surface area contributed by atoms with E-state index >= 15 is 0 Å². The quantitative estimate of drug-likeness (QED) is 0.737. The Morgan fingerprint density at radius 1 is 1.36 bits per heavy atom. The molecule has 1 aliphatic heterocycles. The zero-order valence-electron chi connectivity index (χ0n) is 15.9. The first kappa shape index (κ1) is 20.3. The summed E-state index contributed by atoms with van der Waals surface area (Å²) in [4.78, 5) is 16.7. The molecule has 1 aromatic carbocycles. The van der Waals surface area contributed by atoms with E-state index in [4.69, 9.17) is 9.26 Å². The third-order valence-electron chi connectivity index (χ3n) is 4.79. The van der Waals surface area contributed by atoms with Gasteiger partial charge in [0.25, 0.3) is 0 Å². The van der Waals surface area contributed by atoms with Crippen LogP contribution in [-0.4, -0.2) is 54.7 Å². The highest BCUT2D eigenvalue weighted by Gasteiger charge is 2.30. The normalized spacial score (nSPS) is 16.1. The number of rotatable bonds is 7. The van der Waals surface area contributed by atoms with Crippen LogP contribution < -0.4 is 10.1 Å². The van der Waals surface area contributed by atoms with Gasteiger partial charge in [0.2, 0.25) is 27.6 Å². The second kappa shape index (κ2) is 8.70. The average molecular weight is 408 g/mol. The summed E-state index contributed by atoms with van der Waals surface area (Å²) in [7, 11) is -1.61. The third-order valence-corrected chi connectivity index (χ3v) is 6.67. The van der Waals surface area contributed by atoms with Gasteiger partial charge in [0.15, 0.2) is 0 Å². The lowest BCUT2D eigenvalue weighted by molar-refractivity contribution is -0.126. The lowest BCUT2D eigenvalue weighted by Gasteiger charge is -2.30. The van der Waals surface area contributed by atoms with E-state index < -0.39 is 10.0 Å². The number of nitrogens with one attached hydrogen (secondary N) is 1. The molecule has 3 rings (SSSR count). The van der Waals surface area contributed by atoms with Crippen molar-refractivity contribution in [2.75, 3.05) is 26.0 Å². The van der Waals surface area contributed by atoms with Crippen LogP contribution in [-0.2, 0) is 21.4 Å². The maximum atomic E-state index is 12.4. The Bertz CT molecular complexity index is 920. The molecule has 0 saturated carbocycles. The summed E-state index contributed by atoms with van der Waals surface area (Å²) in [5.41, 5.74) is 0.755. The number of piperidine rings is 1. The van der Waals surface area contributed by atoms with Crippen molar-refractivity contribution < 1.29 is 22.5 Å². The van der Waals surface area contributed by atoms with Gasteiger partial charge < -0.3 is 14.6 Å². The van der Waals surface area contributed by atoms with Crippen LogP contribution in [0.25, 0.3) is 11.4 Å². The fourth-order valence-electron chi connectivity index (χ4n) is 3.09. The van der Waals surface area contributed by atoms with E-state index in [0.717, 1.165) is 5.56 Å². The van der Waals surface area contributed by atoms with Crippen molar-refractivity contribution >= 4 is 15.9 Å². The first-order valence-electron chi connectivity index (χ1n) is 9.15. The van der Waals surface area contributed by atoms with Gasteiger partial charge in [-0.2, -0.15) is 4.98 Å². The molecule has 2 aromatic rings. The van der Waals surface area contributed by atoms with Crippen LogP contribution in [0.2, 0.25) is 0 Å². The Hall–Kier alpha value is -2.46. The third kappa shape index (κ3) is 4.68. The van der Waals surface area contributed by atoms with Crippen LogP contribution in [0.4, 0.5) is 0 Å². The number of sulfonamides is 1. The summed E-state index contributed by atoms with van der Waals surface area (Å²) in [5, 5.41) is 6.73. The standard InChI is InChI=1S/C18H24N4O5S/c1-3-28(24,25)22-9-7-13(8-10-22)18(23)19-12-16-20-17(21-27-16)14-5-4-6-15(11-14)26-2/h4-6,11,13H,3,7-10,12H2,1-2H3,(H,19,23). The molecule has 0 radical (unpaired) electrons. The molecule has 9 nitrogen and oxygen atoms in total. The first-order valence-corrected chi connectivity index (χ1v) is 10.8. The minimum atomic E-state index is -3.19. The monoisotopic (exact) mass is 408 g/mol. The molecule has 1 saturated heterocycles. The number of methoxy groups -OCH3 is 1. The summed E-state index contributed by atoms with van der Waals surface area (Å²) >= 11 is 0. The number of hydrogen-bond donors (Lipinski definition) is 1. The van der Waals surface area contributed by atoms with E-state index in [1.165, 1.54) is 4.31 Å². The van der Waals surface area contributed by atoms with Crippen molar-refractivity contribution in [2.45, 2.75) is 26.3 Å². The Balaban J connectivity index is 1.52. The first-order chi connectivity index (χ1) is 13.4. The maximum absolute atomic E-state index is 12.4. The van der Waals surface area contributed by atoms with Crippen LogP contribution >= 0.6 is 0 Å². The Labute approximate surface area is 164 Å². The number of carbonyl (C=O) groups excluding carboxylic acids is 1. The highest BCUT2D eigenvalue weighted by atomic mass is 32.2. The van der Waals surface area contributed by atoms with Crippen molar-refractivity contribution in [3.63, 3.8) is 0 Å². The van der Waals surface area contributed by atoms with E-state index in [9.17, 15) is 13.2 Å². The topological polar surface area (TPSA) is 115 Å². The molecule has 0 unspecified atom stereocenters. The number of nitrogens with zero attached hydrogens (tertiary/aromatic N) is 3. The second-order valence-electron chi connectivity index (χ2n) is 6.54. The SMILES string of the molecule is CCS(=O)(=O)N1CCC(C(=O)NCc2nc(-c3cccc(OC)c3)no2)CC1. The average Bonchev–Trinajstić information content (AvgIpc) is 3.21. The maximum Gasteiger partial charge on any atom is 0.246 e. The predicted octanol–water partition coefficient (Wildman–Crippen LogP) is 1.42. The molecule has 28 heavy (non-hydrogen) atoms. The Kier molecular flexibility index (Phi) is 6.30. The number of aromatic nitrogens is 2. The molecule has 2 heterocycles. The second-order valence-corrected chi connectivity index (χ2v) is 8.79. The lowest BCUT2D eigenvalue weighted by atomic mass is 9.97. The van der Waals surface area contributed by atoms with E-state index in [2.05, 4.69) is 15.5 Å². The molecule has 0 aliphatic carbocycles. The van der Waals surface area contributed by atoms with Crippen molar-refractivity contribution in [3.05, 3.63) is 30.2 Å². The van der Waals surface area contributed by atoms with E-state index in [-0.39, 0.29) is 24.1 Å². The predicted molar refractivity (Wildman–Crippen MR) is 102 cm³/mol. The zero-order chi connectivity index (χ0) is 20.1. The molecule has 1 aliphatic rings. The molecular formula is C18H24N4O5S. The molecule has 0 spiro atoms. The Morgan fingerprint density at radius 2 is 2.11 bits per heavy atom. The fraction of sp³-hybridized carbons (Fsp3) is 0.500.